The van der Waals surface area contributed by atoms with E-state index < -0.39 is 0 Å². The number of guanidine groups is 1. The summed E-state index contributed by atoms with van der Waals surface area (Å²) in [6, 6.07) is 8.24. The van der Waals surface area contributed by atoms with Crippen LogP contribution in [0.1, 0.15) is 23.6 Å². The molecule has 0 spiro atoms. The fourth-order valence-corrected chi connectivity index (χ4v) is 3.91. The molecule has 2 aliphatic rings. The van der Waals surface area contributed by atoms with E-state index >= 15 is 0 Å². The number of fused-ring (bicyclic) bond motifs is 2. The molecule has 0 radical (unpaired) electrons. The summed E-state index contributed by atoms with van der Waals surface area (Å²) in [5.41, 5.74) is 2.24. The van der Waals surface area contributed by atoms with Crippen molar-refractivity contribution in [1.29, 1.82) is 0 Å². The second kappa shape index (κ2) is 8.60. The summed E-state index contributed by atoms with van der Waals surface area (Å²) in [7, 11) is 3.35. The van der Waals surface area contributed by atoms with Crippen LogP contribution in [0.3, 0.4) is 0 Å². The Hall–Kier alpha value is -2.94. The van der Waals surface area contributed by atoms with Crippen molar-refractivity contribution in [3.05, 3.63) is 41.5 Å². The molecular formula is C20H27N7O2. The van der Waals surface area contributed by atoms with Gasteiger partial charge in [0.05, 0.1) is 13.1 Å². The van der Waals surface area contributed by atoms with E-state index in [0.29, 0.717) is 24.9 Å². The van der Waals surface area contributed by atoms with E-state index in [1.807, 2.05) is 27.8 Å². The van der Waals surface area contributed by atoms with Crippen LogP contribution in [0, 0.1) is 0 Å². The number of amides is 1. The van der Waals surface area contributed by atoms with Crippen molar-refractivity contribution in [3.63, 3.8) is 0 Å². The van der Waals surface area contributed by atoms with Gasteiger partial charge in [0, 0.05) is 38.9 Å². The number of aryl methyl sites for hydroxylation is 1. The lowest BCUT2D eigenvalue weighted by molar-refractivity contribution is -0.117. The molecule has 1 amide bonds. The number of carbonyl (C=O) groups excluding carboxylic acids is 1. The van der Waals surface area contributed by atoms with E-state index in [1.165, 1.54) is 5.56 Å². The minimum Gasteiger partial charge on any atom is -0.377 e. The molecule has 0 saturated carbocycles. The highest BCUT2D eigenvalue weighted by molar-refractivity contribution is 5.98. The Labute approximate surface area is 170 Å². The van der Waals surface area contributed by atoms with Gasteiger partial charge < -0.3 is 20.3 Å². The van der Waals surface area contributed by atoms with E-state index in [4.69, 9.17) is 4.74 Å². The second-order valence-electron chi connectivity index (χ2n) is 7.29. The van der Waals surface area contributed by atoms with Gasteiger partial charge in [-0.25, -0.2) is 9.67 Å². The number of hydrogen-bond donors (Lipinski definition) is 2. The quantitative estimate of drug-likeness (QED) is 0.563. The predicted molar refractivity (Wildman–Crippen MR) is 110 cm³/mol. The molecule has 29 heavy (non-hydrogen) atoms. The van der Waals surface area contributed by atoms with Crippen molar-refractivity contribution < 1.29 is 9.53 Å². The Morgan fingerprint density at radius 1 is 1.34 bits per heavy atom. The third-order valence-electron chi connectivity index (χ3n) is 5.34. The number of methoxy groups -OCH3 is 1. The number of rotatable bonds is 5. The maximum atomic E-state index is 12.7. The highest BCUT2D eigenvalue weighted by Gasteiger charge is 2.25. The minimum atomic E-state index is 0.0457. The van der Waals surface area contributed by atoms with Gasteiger partial charge in [0.2, 0.25) is 5.91 Å². The minimum absolute atomic E-state index is 0.0457. The molecule has 0 saturated heterocycles. The molecule has 0 aliphatic carbocycles. The highest BCUT2D eigenvalue weighted by atomic mass is 16.5. The zero-order valence-electron chi connectivity index (χ0n) is 16.9. The first-order valence-corrected chi connectivity index (χ1v) is 9.95. The van der Waals surface area contributed by atoms with Gasteiger partial charge in [0.25, 0.3) is 0 Å². The molecule has 2 aliphatic heterocycles. The number of carbonyl (C=O) groups is 1. The van der Waals surface area contributed by atoms with Crippen molar-refractivity contribution in [2.24, 2.45) is 4.99 Å². The molecule has 2 N–H and O–H groups in total. The third kappa shape index (κ3) is 4.24. The average Bonchev–Trinajstić information content (AvgIpc) is 3.34. The Morgan fingerprint density at radius 2 is 2.21 bits per heavy atom. The van der Waals surface area contributed by atoms with Gasteiger partial charge in [-0.1, -0.05) is 18.2 Å². The first kappa shape index (κ1) is 19.4. The largest absolute Gasteiger partial charge is 0.377 e. The van der Waals surface area contributed by atoms with Gasteiger partial charge in [-0.15, -0.1) is 0 Å². The fraction of sp³-hybridized carbons (Fsp3) is 0.500. The smallest absolute Gasteiger partial charge is 0.246 e. The molecule has 154 valence electrons. The number of nitrogens with one attached hydrogen (secondary N) is 2. The van der Waals surface area contributed by atoms with Gasteiger partial charge >= 0.3 is 0 Å². The molecule has 0 fully saturated rings. The molecule has 0 bridgehead atoms. The Morgan fingerprint density at radius 3 is 3.03 bits per heavy atom. The summed E-state index contributed by atoms with van der Waals surface area (Å²) in [5, 5.41) is 11.0. The van der Waals surface area contributed by atoms with E-state index in [0.717, 1.165) is 37.3 Å². The third-order valence-corrected chi connectivity index (χ3v) is 5.34. The topological polar surface area (TPSA) is 96.7 Å². The summed E-state index contributed by atoms with van der Waals surface area (Å²) in [4.78, 5) is 23.3. The zero-order chi connectivity index (χ0) is 20.2. The normalized spacial score (nSPS) is 18.3. The van der Waals surface area contributed by atoms with Crippen molar-refractivity contribution in [2.75, 3.05) is 32.1 Å². The molecule has 9 heteroatoms. The lowest BCUT2D eigenvalue weighted by Gasteiger charge is -2.25. The van der Waals surface area contributed by atoms with Gasteiger partial charge in [0.15, 0.2) is 11.8 Å². The molecule has 1 aromatic carbocycles. The number of anilines is 1. The average molecular weight is 397 g/mol. The van der Waals surface area contributed by atoms with Crippen LogP contribution in [-0.4, -0.2) is 59.9 Å². The van der Waals surface area contributed by atoms with Crippen LogP contribution in [0.25, 0.3) is 0 Å². The highest BCUT2D eigenvalue weighted by Crippen LogP contribution is 2.27. The summed E-state index contributed by atoms with van der Waals surface area (Å²) in [6.45, 7) is 2.06. The number of aliphatic imine (C=N–C) groups is 1. The molecule has 9 nitrogen and oxygen atoms in total. The van der Waals surface area contributed by atoms with E-state index in [1.54, 1.807) is 14.2 Å². The summed E-state index contributed by atoms with van der Waals surface area (Å²) < 4.78 is 7.04. The van der Waals surface area contributed by atoms with Crippen molar-refractivity contribution in [3.8, 4) is 0 Å². The van der Waals surface area contributed by atoms with E-state index in [2.05, 4.69) is 31.8 Å². The summed E-state index contributed by atoms with van der Waals surface area (Å²) in [6.07, 6.45) is 2.68. The maximum absolute atomic E-state index is 12.7. The standard InChI is InChI=1S/C20H27N7O2/c1-21-20(22-11-19(28)26-10-9-14-5-3-4-6-16(14)26)23-15-7-8-18-24-17(13-29-2)25-27(18)12-15/h3-6,15H,7-13H2,1-2H3,(H2,21,22,23). The van der Waals surface area contributed by atoms with E-state index in [-0.39, 0.29) is 18.5 Å². The predicted octanol–water partition coefficient (Wildman–Crippen LogP) is 0.494. The monoisotopic (exact) mass is 397 g/mol. The number of para-hydroxylation sites is 1. The van der Waals surface area contributed by atoms with Crippen LogP contribution in [0.15, 0.2) is 29.3 Å². The number of hydrogen-bond acceptors (Lipinski definition) is 5. The van der Waals surface area contributed by atoms with Crippen LogP contribution in [0.5, 0.6) is 0 Å². The van der Waals surface area contributed by atoms with Crippen LogP contribution < -0.4 is 15.5 Å². The molecule has 4 rings (SSSR count). The van der Waals surface area contributed by atoms with Crippen LogP contribution in [-0.2, 0) is 35.5 Å². The first-order chi connectivity index (χ1) is 14.2. The number of ether oxygens (including phenoxy) is 1. The molecule has 2 aromatic rings. The number of nitrogens with zero attached hydrogens (tertiary/aromatic N) is 5. The van der Waals surface area contributed by atoms with Gasteiger partial charge in [-0.05, 0) is 24.5 Å². The van der Waals surface area contributed by atoms with Crippen LogP contribution in [0.2, 0.25) is 0 Å². The summed E-state index contributed by atoms with van der Waals surface area (Å²) >= 11 is 0. The summed E-state index contributed by atoms with van der Waals surface area (Å²) in [5.74, 6) is 2.36. The van der Waals surface area contributed by atoms with Crippen molar-refractivity contribution in [2.45, 2.75) is 38.5 Å². The van der Waals surface area contributed by atoms with Gasteiger partial charge in [0.1, 0.15) is 12.4 Å². The van der Waals surface area contributed by atoms with Crippen molar-refractivity contribution >= 4 is 17.6 Å². The Bertz CT molecular complexity index is 908. The maximum Gasteiger partial charge on any atom is 0.246 e. The molecular weight excluding hydrogens is 370 g/mol. The first-order valence-electron chi connectivity index (χ1n) is 9.95. The number of benzene rings is 1. The van der Waals surface area contributed by atoms with E-state index in [9.17, 15) is 4.79 Å². The lowest BCUT2D eigenvalue weighted by Crippen LogP contribution is -2.49. The zero-order valence-corrected chi connectivity index (χ0v) is 16.9. The second-order valence-corrected chi connectivity index (χ2v) is 7.29. The van der Waals surface area contributed by atoms with Crippen LogP contribution in [0.4, 0.5) is 5.69 Å². The molecule has 3 heterocycles. The SMILES string of the molecule is CN=C(NCC(=O)N1CCc2ccccc21)NC1CCc2nc(COC)nn2C1. The van der Waals surface area contributed by atoms with Gasteiger partial charge in [-0.2, -0.15) is 5.10 Å². The molecule has 1 unspecified atom stereocenters. The molecule has 1 aromatic heterocycles. The molecule has 1 atom stereocenters. The van der Waals surface area contributed by atoms with Gasteiger partial charge in [-0.3, -0.25) is 9.79 Å². The number of aromatic nitrogens is 3. The lowest BCUT2D eigenvalue weighted by atomic mass is 10.1. The fourth-order valence-electron chi connectivity index (χ4n) is 3.91. The van der Waals surface area contributed by atoms with Crippen molar-refractivity contribution in [1.82, 2.24) is 25.4 Å². The van der Waals surface area contributed by atoms with Crippen LogP contribution >= 0.6 is 0 Å². The Balaban J connectivity index is 1.31. The Kier molecular flexibility index (Phi) is 5.75.